The topological polar surface area (TPSA) is 47.8 Å². The van der Waals surface area contributed by atoms with Crippen LogP contribution in [0.3, 0.4) is 0 Å². The molecule has 2 aromatic heterocycles. The average Bonchev–Trinajstić information content (AvgIpc) is 2.41. The van der Waals surface area contributed by atoms with Crippen molar-refractivity contribution in [2.75, 3.05) is 6.26 Å². The molecule has 0 amide bonds. The maximum atomic E-state index is 12.0. The first-order chi connectivity index (χ1) is 8.65. The molecule has 0 N–H and O–H groups in total. The Labute approximate surface area is 110 Å². The Bertz CT molecular complexity index is 609. The maximum Gasteiger partial charge on any atom is 0.252 e. The normalized spacial score (nSPS) is 12.8. The first kappa shape index (κ1) is 13.1. The number of thioether (sulfide) groups is 1. The third-order valence-corrected chi connectivity index (χ3v) is 3.64. The second kappa shape index (κ2) is 5.52. The van der Waals surface area contributed by atoms with Crippen LogP contribution in [0.5, 0.6) is 0 Å². The van der Waals surface area contributed by atoms with Crippen LogP contribution in [0.2, 0.25) is 0 Å². The van der Waals surface area contributed by atoms with Crippen LogP contribution < -0.4 is 5.56 Å². The van der Waals surface area contributed by atoms with Crippen molar-refractivity contribution in [3.05, 3.63) is 28.7 Å². The Morgan fingerprint density at radius 3 is 2.89 bits per heavy atom. The fourth-order valence-corrected chi connectivity index (χ4v) is 2.11. The molecule has 0 saturated carbocycles. The lowest BCUT2D eigenvalue weighted by Gasteiger charge is -2.13. The standard InChI is InChI=1S/C13H17N3OS/c1-4-9(2)8-16-11(17)6-5-10-7-14-13(18-3)15-12(10)16/h5-7,9H,4,8H2,1-3H3. The molecule has 0 aliphatic carbocycles. The molecule has 2 rings (SSSR count). The van der Waals surface area contributed by atoms with Gasteiger partial charge in [0.25, 0.3) is 5.56 Å². The second-order valence-corrected chi connectivity index (χ2v) is 5.20. The van der Waals surface area contributed by atoms with Gasteiger partial charge in [-0.2, -0.15) is 0 Å². The largest absolute Gasteiger partial charge is 0.292 e. The second-order valence-electron chi connectivity index (χ2n) is 4.43. The van der Waals surface area contributed by atoms with E-state index in [1.807, 2.05) is 6.26 Å². The molecule has 2 heterocycles. The van der Waals surface area contributed by atoms with E-state index < -0.39 is 0 Å². The summed E-state index contributed by atoms with van der Waals surface area (Å²) >= 11 is 1.49. The van der Waals surface area contributed by atoms with Gasteiger partial charge in [-0.3, -0.25) is 9.36 Å². The fraction of sp³-hybridized carbons (Fsp3) is 0.462. The van der Waals surface area contributed by atoms with Crippen molar-refractivity contribution in [2.24, 2.45) is 5.92 Å². The van der Waals surface area contributed by atoms with Crippen molar-refractivity contribution in [2.45, 2.75) is 32.0 Å². The monoisotopic (exact) mass is 263 g/mol. The highest BCUT2D eigenvalue weighted by atomic mass is 32.2. The van der Waals surface area contributed by atoms with Crippen molar-refractivity contribution in [1.29, 1.82) is 0 Å². The molecule has 1 atom stereocenters. The van der Waals surface area contributed by atoms with E-state index in [1.54, 1.807) is 22.9 Å². The highest BCUT2D eigenvalue weighted by molar-refractivity contribution is 7.98. The minimum Gasteiger partial charge on any atom is -0.292 e. The summed E-state index contributed by atoms with van der Waals surface area (Å²) in [5.41, 5.74) is 0.746. The molecule has 4 nitrogen and oxygen atoms in total. The molecule has 18 heavy (non-hydrogen) atoms. The van der Waals surface area contributed by atoms with Crippen LogP contribution in [-0.2, 0) is 6.54 Å². The van der Waals surface area contributed by atoms with Gasteiger partial charge in [0.1, 0.15) is 5.65 Å². The quantitative estimate of drug-likeness (QED) is 0.628. The van der Waals surface area contributed by atoms with Gasteiger partial charge in [0.15, 0.2) is 5.16 Å². The maximum absolute atomic E-state index is 12.0. The number of aromatic nitrogens is 3. The van der Waals surface area contributed by atoms with Crippen LogP contribution in [0.1, 0.15) is 20.3 Å². The van der Waals surface area contributed by atoms with E-state index in [-0.39, 0.29) is 5.56 Å². The zero-order chi connectivity index (χ0) is 13.1. The molecular formula is C13H17N3OS. The van der Waals surface area contributed by atoms with Gasteiger partial charge in [0, 0.05) is 24.2 Å². The Kier molecular flexibility index (Phi) is 4.01. The Morgan fingerprint density at radius 1 is 1.44 bits per heavy atom. The summed E-state index contributed by atoms with van der Waals surface area (Å²) in [5, 5.41) is 1.61. The SMILES string of the molecule is CCC(C)Cn1c(=O)ccc2cnc(SC)nc21. The fourth-order valence-electron chi connectivity index (χ4n) is 1.77. The predicted molar refractivity (Wildman–Crippen MR) is 75.0 cm³/mol. The van der Waals surface area contributed by atoms with E-state index >= 15 is 0 Å². The Hall–Kier alpha value is -1.36. The van der Waals surface area contributed by atoms with Gasteiger partial charge in [-0.05, 0) is 18.2 Å². The van der Waals surface area contributed by atoms with Crippen molar-refractivity contribution in [3.8, 4) is 0 Å². The number of fused-ring (bicyclic) bond motifs is 1. The zero-order valence-electron chi connectivity index (χ0n) is 10.9. The van der Waals surface area contributed by atoms with Gasteiger partial charge in [0.2, 0.25) is 0 Å². The summed E-state index contributed by atoms with van der Waals surface area (Å²) in [7, 11) is 0. The highest BCUT2D eigenvalue weighted by Crippen LogP contribution is 2.15. The number of nitrogens with zero attached hydrogens (tertiary/aromatic N) is 3. The van der Waals surface area contributed by atoms with Gasteiger partial charge >= 0.3 is 0 Å². The van der Waals surface area contributed by atoms with E-state index in [4.69, 9.17) is 0 Å². The summed E-state index contributed by atoms with van der Waals surface area (Å²) in [6, 6.07) is 3.38. The summed E-state index contributed by atoms with van der Waals surface area (Å²) in [5.74, 6) is 0.459. The van der Waals surface area contributed by atoms with Crippen molar-refractivity contribution in [1.82, 2.24) is 14.5 Å². The first-order valence-electron chi connectivity index (χ1n) is 6.06. The van der Waals surface area contributed by atoms with E-state index in [9.17, 15) is 4.79 Å². The van der Waals surface area contributed by atoms with Crippen LogP contribution in [0.15, 0.2) is 28.3 Å². The summed E-state index contributed by atoms with van der Waals surface area (Å²) in [6.45, 7) is 4.97. The van der Waals surface area contributed by atoms with E-state index in [0.717, 1.165) is 17.5 Å². The smallest absolute Gasteiger partial charge is 0.252 e. The highest BCUT2D eigenvalue weighted by Gasteiger charge is 2.09. The third-order valence-electron chi connectivity index (χ3n) is 3.07. The average molecular weight is 263 g/mol. The van der Waals surface area contributed by atoms with E-state index in [2.05, 4.69) is 23.8 Å². The molecule has 0 fully saturated rings. The van der Waals surface area contributed by atoms with Gasteiger partial charge < -0.3 is 0 Å². The number of hydrogen-bond donors (Lipinski definition) is 0. The minimum absolute atomic E-state index is 0.00792. The summed E-state index contributed by atoms with van der Waals surface area (Å²) in [6.07, 6.45) is 4.76. The molecule has 0 radical (unpaired) electrons. The molecule has 0 aliphatic rings. The zero-order valence-corrected chi connectivity index (χ0v) is 11.7. The van der Waals surface area contributed by atoms with Crippen LogP contribution >= 0.6 is 11.8 Å². The molecule has 0 spiro atoms. The summed E-state index contributed by atoms with van der Waals surface area (Å²) < 4.78 is 1.75. The molecule has 0 saturated heterocycles. The summed E-state index contributed by atoms with van der Waals surface area (Å²) in [4.78, 5) is 20.7. The van der Waals surface area contributed by atoms with Crippen LogP contribution in [0, 0.1) is 5.92 Å². The predicted octanol–water partition coefficient (Wildman–Crippen LogP) is 2.56. The molecule has 0 bridgehead atoms. The first-order valence-corrected chi connectivity index (χ1v) is 7.28. The lowest BCUT2D eigenvalue weighted by molar-refractivity contribution is 0.467. The lowest BCUT2D eigenvalue weighted by atomic mass is 10.1. The van der Waals surface area contributed by atoms with Crippen LogP contribution in [0.25, 0.3) is 11.0 Å². The van der Waals surface area contributed by atoms with Gasteiger partial charge in [-0.25, -0.2) is 9.97 Å². The number of hydrogen-bond acceptors (Lipinski definition) is 4. The molecule has 1 unspecified atom stereocenters. The van der Waals surface area contributed by atoms with Crippen LogP contribution in [-0.4, -0.2) is 20.8 Å². The van der Waals surface area contributed by atoms with Crippen molar-refractivity contribution < 1.29 is 0 Å². The van der Waals surface area contributed by atoms with Crippen LogP contribution in [0.4, 0.5) is 0 Å². The molecular weight excluding hydrogens is 246 g/mol. The van der Waals surface area contributed by atoms with Crippen molar-refractivity contribution in [3.63, 3.8) is 0 Å². The number of rotatable bonds is 4. The Balaban J connectivity index is 2.60. The van der Waals surface area contributed by atoms with Gasteiger partial charge in [-0.1, -0.05) is 32.0 Å². The Morgan fingerprint density at radius 2 is 2.22 bits per heavy atom. The van der Waals surface area contributed by atoms with Gasteiger partial charge in [-0.15, -0.1) is 0 Å². The van der Waals surface area contributed by atoms with E-state index in [0.29, 0.717) is 17.6 Å². The molecule has 5 heteroatoms. The third kappa shape index (κ3) is 2.56. The molecule has 0 aliphatic heterocycles. The number of pyridine rings is 1. The molecule has 2 aromatic rings. The van der Waals surface area contributed by atoms with E-state index in [1.165, 1.54) is 11.8 Å². The lowest BCUT2D eigenvalue weighted by Crippen LogP contribution is -2.23. The minimum atomic E-state index is 0.00792. The molecule has 0 aromatic carbocycles. The van der Waals surface area contributed by atoms with Gasteiger partial charge in [0.05, 0.1) is 0 Å². The molecule has 96 valence electrons. The van der Waals surface area contributed by atoms with Crippen molar-refractivity contribution >= 4 is 22.8 Å².